The Balaban J connectivity index is 1.44. The molecule has 0 aliphatic heterocycles. The number of carboxylic acid groups (broad SMARTS) is 1. The Hall–Kier alpha value is -2.81. The Morgan fingerprint density at radius 1 is 0.808 bits per heavy atom. The first-order chi connectivity index (χ1) is 12.7. The van der Waals surface area contributed by atoms with Gasteiger partial charge in [0.2, 0.25) is 0 Å². The molecule has 3 heteroatoms. The Morgan fingerprint density at radius 2 is 1.54 bits per heavy atom. The van der Waals surface area contributed by atoms with Gasteiger partial charge < -0.3 is 9.84 Å². The highest BCUT2D eigenvalue weighted by molar-refractivity contribution is 5.82. The van der Waals surface area contributed by atoms with Gasteiger partial charge in [-0.1, -0.05) is 54.6 Å². The molecule has 0 unspecified atom stereocenters. The Labute approximate surface area is 154 Å². The fraction of sp³-hybridized carbons (Fsp3) is 0.261. The summed E-state index contributed by atoms with van der Waals surface area (Å²) < 4.78 is 5.86. The molecule has 1 N–H and O–H groups in total. The maximum atomic E-state index is 10.5. The number of carbonyl (C=O) groups is 1. The molecule has 3 nitrogen and oxygen atoms in total. The van der Waals surface area contributed by atoms with E-state index in [4.69, 9.17) is 9.84 Å². The normalized spacial score (nSPS) is 10.8. The molecule has 0 saturated heterocycles. The molecule has 26 heavy (non-hydrogen) atoms. The van der Waals surface area contributed by atoms with Crippen molar-refractivity contribution in [1.29, 1.82) is 0 Å². The van der Waals surface area contributed by atoms with Crippen LogP contribution in [0.5, 0.6) is 5.75 Å². The lowest BCUT2D eigenvalue weighted by Gasteiger charge is -2.08. The Bertz CT molecular complexity index is 853. The second kappa shape index (κ2) is 9.04. The van der Waals surface area contributed by atoms with E-state index in [0.717, 1.165) is 31.4 Å². The number of rotatable bonds is 9. The van der Waals surface area contributed by atoms with Crippen molar-refractivity contribution in [2.24, 2.45) is 0 Å². The monoisotopic (exact) mass is 348 g/mol. The molecule has 0 saturated carbocycles. The van der Waals surface area contributed by atoms with E-state index in [1.807, 2.05) is 12.1 Å². The predicted molar refractivity (Wildman–Crippen MR) is 105 cm³/mol. The number of carboxylic acids is 1. The lowest BCUT2D eigenvalue weighted by atomic mass is 10.1. The first kappa shape index (κ1) is 18.0. The second-order valence-electron chi connectivity index (χ2n) is 6.52. The van der Waals surface area contributed by atoms with Gasteiger partial charge in [-0.25, -0.2) is 0 Å². The van der Waals surface area contributed by atoms with Gasteiger partial charge in [-0.05, 0) is 53.3 Å². The van der Waals surface area contributed by atoms with Gasteiger partial charge in [0.05, 0.1) is 6.61 Å². The first-order valence-electron chi connectivity index (χ1n) is 9.12. The average Bonchev–Trinajstić information content (AvgIpc) is 2.66. The van der Waals surface area contributed by atoms with Gasteiger partial charge in [0.1, 0.15) is 5.75 Å². The number of fused-ring (bicyclic) bond motifs is 1. The van der Waals surface area contributed by atoms with Crippen molar-refractivity contribution in [3.05, 3.63) is 77.9 Å². The van der Waals surface area contributed by atoms with Crippen molar-refractivity contribution < 1.29 is 14.6 Å². The summed E-state index contributed by atoms with van der Waals surface area (Å²) in [5.41, 5.74) is 2.50. The zero-order chi connectivity index (χ0) is 18.2. The van der Waals surface area contributed by atoms with Crippen LogP contribution in [0, 0.1) is 0 Å². The largest absolute Gasteiger partial charge is 0.493 e. The zero-order valence-electron chi connectivity index (χ0n) is 14.9. The predicted octanol–water partition coefficient (Wildman–Crippen LogP) is 5.26. The molecule has 0 aliphatic rings. The highest BCUT2D eigenvalue weighted by atomic mass is 16.5. The maximum absolute atomic E-state index is 10.5. The molecule has 0 aliphatic carbocycles. The molecule has 0 radical (unpaired) electrons. The van der Waals surface area contributed by atoms with Gasteiger partial charge in [0.25, 0.3) is 0 Å². The number of benzene rings is 3. The van der Waals surface area contributed by atoms with Crippen LogP contribution in [0.25, 0.3) is 10.8 Å². The van der Waals surface area contributed by atoms with Gasteiger partial charge in [-0.3, -0.25) is 4.79 Å². The van der Waals surface area contributed by atoms with E-state index in [0.29, 0.717) is 6.61 Å². The summed E-state index contributed by atoms with van der Waals surface area (Å²) in [4.78, 5) is 10.5. The van der Waals surface area contributed by atoms with E-state index in [9.17, 15) is 4.79 Å². The van der Waals surface area contributed by atoms with Crippen LogP contribution in [0.15, 0.2) is 66.7 Å². The van der Waals surface area contributed by atoms with E-state index < -0.39 is 5.97 Å². The molecular formula is C23H24O3. The summed E-state index contributed by atoms with van der Waals surface area (Å²) in [5, 5.41) is 11.2. The van der Waals surface area contributed by atoms with Crippen LogP contribution in [0.1, 0.15) is 30.4 Å². The number of ether oxygens (including phenoxy) is 1. The quantitative estimate of drug-likeness (QED) is 0.537. The summed E-state index contributed by atoms with van der Waals surface area (Å²) >= 11 is 0. The third-order valence-electron chi connectivity index (χ3n) is 4.50. The van der Waals surface area contributed by atoms with Crippen LogP contribution in [0.3, 0.4) is 0 Å². The lowest BCUT2D eigenvalue weighted by molar-refractivity contribution is -0.137. The standard InChI is InChI=1S/C23H24O3/c24-23(25)8-4-1-5-18-10-13-22(14-11-18)26-16-15-19-9-12-20-6-2-3-7-21(20)17-19/h2-3,6-7,9-14,17H,1,4-5,8,15-16H2,(H,24,25). The SMILES string of the molecule is O=C(O)CCCCc1ccc(OCCc2ccc3ccccc3c2)cc1. The van der Waals surface area contributed by atoms with Crippen LogP contribution >= 0.6 is 0 Å². The summed E-state index contributed by atoms with van der Waals surface area (Å²) in [6.45, 7) is 0.649. The van der Waals surface area contributed by atoms with Gasteiger partial charge in [0.15, 0.2) is 0 Å². The number of unbranched alkanes of at least 4 members (excludes halogenated alkanes) is 1. The van der Waals surface area contributed by atoms with E-state index in [-0.39, 0.29) is 6.42 Å². The number of aliphatic carboxylic acids is 1. The molecule has 134 valence electrons. The van der Waals surface area contributed by atoms with Crippen LogP contribution in [0.4, 0.5) is 0 Å². The molecular weight excluding hydrogens is 324 g/mol. The van der Waals surface area contributed by atoms with Gasteiger partial charge in [-0.2, -0.15) is 0 Å². The van der Waals surface area contributed by atoms with Crippen molar-refractivity contribution in [3.8, 4) is 5.75 Å². The van der Waals surface area contributed by atoms with Crippen molar-refractivity contribution in [2.45, 2.75) is 32.1 Å². The lowest BCUT2D eigenvalue weighted by Crippen LogP contribution is -2.01. The summed E-state index contributed by atoms with van der Waals surface area (Å²) in [7, 11) is 0. The number of hydrogen-bond acceptors (Lipinski definition) is 2. The summed E-state index contributed by atoms with van der Waals surface area (Å²) in [5.74, 6) is 0.153. The third kappa shape index (κ3) is 5.35. The van der Waals surface area contributed by atoms with Gasteiger partial charge in [0, 0.05) is 12.8 Å². The molecule has 0 fully saturated rings. The average molecular weight is 348 g/mol. The van der Waals surface area contributed by atoms with E-state index in [2.05, 4.69) is 54.6 Å². The van der Waals surface area contributed by atoms with Crippen LogP contribution in [-0.2, 0) is 17.6 Å². The van der Waals surface area contributed by atoms with E-state index in [1.165, 1.54) is 21.9 Å². The second-order valence-corrected chi connectivity index (χ2v) is 6.52. The Morgan fingerprint density at radius 3 is 2.31 bits per heavy atom. The highest BCUT2D eigenvalue weighted by Gasteiger charge is 2.00. The van der Waals surface area contributed by atoms with Gasteiger partial charge >= 0.3 is 5.97 Å². The number of aryl methyl sites for hydroxylation is 1. The van der Waals surface area contributed by atoms with E-state index in [1.54, 1.807) is 0 Å². The van der Waals surface area contributed by atoms with Crippen molar-refractivity contribution in [2.75, 3.05) is 6.61 Å². The molecule has 3 aromatic carbocycles. The molecule has 0 heterocycles. The van der Waals surface area contributed by atoms with Crippen LogP contribution in [-0.4, -0.2) is 17.7 Å². The molecule has 3 aromatic rings. The fourth-order valence-electron chi connectivity index (χ4n) is 3.04. The molecule has 0 atom stereocenters. The zero-order valence-corrected chi connectivity index (χ0v) is 14.9. The van der Waals surface area contributed by atoms with Crippen LogP contribution < -0.4 is 4.74 Å². The number of hydrogen-bond donors (Lipinski definition) is 1. The minimum Gasteiger partial charge on any atom is -0.493 e. The minimum atomic E-state index is -0.722. The third-order valence-corrected chi connectivity index (χ3v) is 4.50. The fourth-order valence-corrected chi connectivity index (χ4v) is 3.04. The van der Waals surface area contributed by atoms with Gasteiger partial charge in [-0.15, -0.1) is 0 Å². The van der Waals surface area contributed by atoms with Crippen molar-refractivity contribution in [1.82, 2.24) is 0 Å². The van der Waals surface area contributed by atoms with E-state index >= 15 is 0 Å². The summed E-state index contributed by atoms with van der Waals surface area (Å²) in [6, 6.07) is 23.0. The first-order valence-corrected chi connectivity index (χ1v) is 9.12. The smallest absolute Gasteiger partial charge is 0.303 e. The Kier molecular flexibility index (Phi) is 6.26. The van der Waals surface area contributed by atoms with Crippen molar-refractivity contribution >= 4 is 16.7 Å². The highest BCUT2D eigenvalue weighted by Crippen LogP contribution is 2.17. The summed E-state index contributed by atoms with van der Waals surface area (Å²) in [6.07, 6.45) is 3.65. The molecule has 0 spiro atoms. The molecule has 3 rings (SSSR count). The molecule has 0 bridgehead atoms. The minimum absolute atomic E-state index is 0.246. The van der Waals surface area contributed by atoms with Crippen LogP contribution in [0.2, 0.25) is 0 Å². The molecule has 0 aromatic heterocycles. The van der Waals surface area contributed by atoms with Crippen molar-refractivity contribution in [3.63, 3.8) is 0 Å². The molecule has 0 amide bonds. The maximum Gasteiger partial charge on any atom is 0.303 e. The topological polar surface area (TPSA) is 46.5 Å².